The Morgan fingerprint density at radius 1 is 1.45 bits per heavy atom. The summed E-state index contributed by atoms with van der Waals surface area (Å²) in [5.74, 6) is 0.454. The molecular formula is C13H17ClN2O3S. The van der Waals surface area contributed by atoms with Crippen molar-refractivity contribution in [2.75, 3.05) is 26.7 Å². The Labute approximate surface area is 124 Å². The Bertz CT molecular complexity index is 614. The van der Waals surface area contributed by atoms with E-state index in [-0.39, 0.29) is 9.92 Å². The van der Waals surface area contributed by atoms with Crippen molar-refractivity contribution in [1.82, 2.24) is 10.0 Å². The van der Waals surface area contributed by atoms with Gasteiger partial charge in [-0.2, -0.15) is 0 Å². The Hall–Kier alpha value is -1.08. The van der Waals surface area contributed by atoms with Gasteiger partial charge in [-0.05, 0) is 25.1 Å². The van der Waals surface area contributed by atoms with Crippen LogP contribution in [-0.2, 0) is 10.0 Å². The Kier molecular flexibility index (Phi) is 5.04. The molecule has 0 unspecified atom stereocenters. The molecule has 7 heteroatoms. The van der Waals surface area contributed by atoms with E-state index < -0.39 is 10.0 Å². The van der Waals surface area contributed by atoms with E-state index in [0.29, 0.717) is 12.3 Å². The van der Waals surface area contributed by atoms with Crippen molar-refractivity contribution in [2.45, 2.75) is 11.3 Å². The van der Waals surface area contributed by atoms with E-state index in [4.69, 9.17) is 16.3 Å². The number of ether oxygens (including phenoxy) is 1. The first-order valence-corrected chi connectivity index (χ1v) is 8.11. The van der Waals surface area contributed by atoms with Crippen LogP contribution >= 0.6 is 11.6 Å². The lowest BCUT2D eigenvalue weighted by Crippen LogP contribution is -2.29. The van der Waals surface area contributed by atoms with Gasteiger partial charge < -0.3 is 10.1 Å². The molecule has 0 fully saturated rings. The third-order valence-corrected chi connectivity index (χ3v) is 4.96. The fourth-order valence-corrected chi connectivity index (χ4v) is 3.46. The topological polar surface area (TPSA) is 67.4 Å². The zero-order valence-electron chi connectivity index (χ0n) is 11.1. The third-order valence-electron chi connectivity index (χ3n) is 3.08. The van der Waals surface area contributed by atoms with Crippen LogP contribution in [0.4, 0.5) is 0 Å². The standard InChI is InChI=1S/C13H17ClN2O3S/c1-19-11-2-3-12(14)13(8-11)20(17,18)16-9-10-4-6-15-7-5-10/h2-4,8,15-16H,5-7,9H2,1H3. The van der Waals surface area contributed by atoms with Gasteiger partial charge in [0.15, 0.2) is 0 Å². The summed E-state index contributed by atoms with van der Waals surface area (Å²) in [7, 11) is -2.17. The molecule has 0 aromatic heterocycles. The highest BCUT2D eigenvalue weighted by Gasteiger charge is 2.19. The van der Waals surface area contributed by atoms with E-state index >= 15 is 0 Å². The summed E-state index contributed by atoms with van der Waals surface area (Å²) in [5, 5.41) is 3.35. The number of halogens is 1. The highest BCUT2D eigenvalue weighted by Crippen LogP contribution is 2.26. The molecule has 1 aliphatic heterocycles. The fourth-order valence-electron chi connectivity index (χ4n) is 1.91. The van der Waals surface area contributed by atoms with Crippen molar-refractivity contribution in [1.29, 1.82) is 0 Å². The van der Waals surface area contributed by atoms with E-state index in [0.717, 1.165) is 25.1 Å². The molecule has 0 saturated carbocycles. The second-order valence-electron chi connectivity index (χ2n) is 4.44. The van der Waals surface area contributed by atoms with E-state index in [2.05, 4.69) is 10.0 Å². The van der Waals surface area contributed by atoms with Crippen LogP contribution in [0, 0.1) is 0 Å². The SMILES string of the molecule is COc1ccc(Cl)c(S(=O)(=O)NCC2=CCNCC2)c1. The minimum Gasteiger partial charge on any atom is -0.497 e. The third kappa shape index (κ3) is 3.73. The van der Waals surface area contributed by atoms with Crippen LogP contribution < -0.4 is 14.8 Å². The first-order chi connectivity index (χ1) is 9.53. The van der Waals surface area contributed by atoms with Crippen LogP contribution in [0.5, 0.6) is 5.75 Å². The van der Waals surface area contributed by atoms with Crippen LogP contribution in [-0.4, -0.2) is 35.2 Å². The number of methoxy groups -OCH3 is 1. The van der Waals surface area contributed by atoms with Gasteiger partial charge in [-0.3, -0.25) is 0 Å². The minimum absolute atomic E-state index is 0.0352. The normalized spacial score (nSPS) is 15.8. The molecule has 0 saturated heterocycles. The molecule has 20 heavy (non-hydrogen) atoms. The summed E-state index contributed by atoms with van der Waals surface area (Å²) < 4.78 is 32.1. The van der Waals surface area contributed by atoms with Crippen molar-refractivity contribution in [3.63, 3.8) is 0 Å². The van der Waals surface area contributed by atoms with Crippen molar-refractivity contribution < 1.29 is 13.2 Å². The summed E-state index contributed by atoms with van der Waals surface area (Å²) in [4.78, 5) is 0.0352. The largest absolute Gasteiger partial charge is 0.497 e. The highest BCUT2D eigenvalue weighted by atomic mass is 35.5. The van der Waals surface area contributed by atoms with Crippen molar-refractivity contribution in [3.8, 4) is 5.75 Å². The summed E-state index contributed by atoms with van der Waals surface area (Å²) in [5.41, 5.74) is 1.08. The zero-order valence-corrected chi connectivity index (χ0v) is 12.7. The molecule has 1 heterocycles. The molecule has 0 spiro atoms. The molecule has 0 bridgehead atoms. The molecule has 2 N–H and O–H groups in total. The van der Waals surface area contributed by atoms with Crippen LogP contribution in [0.15, 0.2) is 34.7 Å². The molecule has 2 rings (SSSR count). The number of benzene rings is 1. The molecule has 0 aliphatic carbocycles. The van der Waals surface area contributed by atoms with Gasteiger partial charge in [-0.15, -0.1) is 0 Å². The molecule has 5 nitrogen and oxygen atoms in total. The van der Waals surface area contributed by atoms with Crippen LogP contribution in [0.2, 0.25) is 5.02 Å². The summed E-state index contributed by atoms with van der Waals surface area (Å²) >= 11 is 5.96. The number of hydrogen-bond acceptors (Lipinski definition) is 4. The second kappa shape index (κ2) is 6.58. The molecule has 0 radical (unpaired) electrons. The molecule has 110 valence electrons. The monoisotopic (exact) mass is 316 g/mol. The van der Waals surface area contributed by atoms with E-state index in [1.54, 1.807) is 6.07 Å². The number of nitrogens with one attached hydrogen (secondary N) is 2. The molecule has 1 aromatic carbocycles. The van der Waals surface area contributed by atoms with Crippen molar-refractivity contribution in [2.24, 2.45) is 0 Å². The average Bonchev–Trinajstić information content (AvgIpc) is 2.47. The molecule has 1 aromatic rings. The Morgan fingerprint density at radius 3 is 2.90 bits per heavy atom. The van der Waals surface area contributed by atoms with Crippen LogP contribution in [0.25, 0.3) is 0 Å². The lowest BCUT2D eigenvalue weighted by atomic mass is 10.1. The first kappa shape index (κ1) is 15.3. The van der Waals surface area contributed by atoms with Gasteiger partial charge in [0, 0.05) is 19.2 Å². The van der Waals surface area contributed by atoms with Gasteiger partial charge in [0.05, 0.1) is 12.1 Å². The number of rotatable bonds is 5. The Morgan fingerprint density at radius 2 is 2.25 bits per heavy atom. The van der Waals surface area contributed by atoms with E-state index in [1.807, 2.05) is 6.08 Å². The predicted octanol–water partition coefficient (Wildman–Crippen LogP) is 1.55. The maximum Gasteiger partial charge on any atom is 0.242 e. The van der Waals surface area contributed by atoms with Gasteiger partial charge >= 0.3 is 0 Å². The second-order valence-corrected chi connectivity index (χ2v) is 6.58. The van der Waals surface area contributed by atoms with Gasteiger partial charge in [0.2, 0.25) is 10.0 Å². The van der Waals surface area contributed by atoms with Crippen LogP contribution in [0.3, 0.4) is 0 Å². The summed E-state index contributed by atoms with van der Waals surface area (Å²) in [6.45, 7) is 1.95. The maximum atomic E-state index is 12.3. The minimum atomic E-state index is -3.65. The molecular weight excluding hydrogens is 300 g/mol. The smallest absolute Gasteiger partial charge is 0.242 e. The zero-order chi connectivity index (χ0) is 14.6. The lowest BCUT2D eigenvalue weighted by Gasteiger charge is -2.15. The quantitative estimate of drug-likeness (QED) is 0.809. The number of sulfonamides is 1. The number of hydrogen-bond donors (Lipinski definition) is 2. The Balaban J connectivity index is 2.15. The highest BCUT2D eigenvalue weighted by molar-refractivity contribution is 7.89. The first-order valence-electron chi connectivity index (χ1n) is 6.25. The summed E-state index contributed by atoms with van der Waals surface area (Å²) in [6.07, 6.45) is 2.84. The average molecular weight is 317 g/mol. The van der Waals surface area contributed by atoms with Gasteiger partial charge in [0.25, 0.3) is 0 Å². The lowest BCUT2D eigenvalue weighted by molar-refractivity contribution is 0.413. The van der Waals surface area contributed by atoms with E-state index in [1.165, 1.54) is 19.2 Å². The van der Waals surface area contributed by atoms with Gasteiger partial charge in [-0.25, -0.2) is 13.1 Å². The van der Waals surface area contributed by atoms with Crippen LogP contribution in [0.1, 0.15) is 6.42 Å². The van der Waals surface area contributed by atoms with Crippen molar-refractivity contribution >= 4 is 21.6 Å². The maximum absolute atomic E-state index is 12.3. The molecule has 1 aliphatic rings. The predicted molar refractivity (Wildman–Crippen MR) is 78.8 cm³/mol. The molecule has 0 amide bonds. The van der Waals surface area contributed by atoms with Gasteiger partial charge in [0.1, 0.15) is 10.6 Å². The van der Waals surface area contributed by atoms with Crippen molar-refractivity contribution in [3.05, 3.63) is 34.9 Å². The molecule has 0 atom stereocenters. The van der Waals surface area contributed by atoms with Gasteiger partial charge in [-0.1, -0.05) is 23.3 Å². The summed E-state index contributed by atoms with van der Waals surface area (Å²) in [6, 6.07) is 4.55. The van der Waals surface area contributed by atoms with E-state index in [9.17, 15) is 8.42 Å². The fraction of sp³-hybridized carbons (Fsp3) is 0.385.